The van der Waals surface area contributed by atoms with Crippen LogP contribution >= 0.6 is 0 Å². The maximum absolute atomic E-state index is 13.0. The molecule has 0 amide bonds. The van der Waals surface area contributed by atoms with Crippen molar-refractivity contribution < 1.29 is 14.4 Å². The summed E-state index contributed by atoms with van der Waals surface area (Å²) >= 11 is 0. The monoisotopic (exact) mass is 417 g/mol. The number of hydrogen-bond donors (Lipinski definition) is 0. The topological polar surface area (TPSA) is 38.8 Å². The highest BCUT2D eigenvalue weighted by Crippen LogP contribution is 2.21. The van der Waals surface area contributed by atoms with Crippen molar-refractivity contribution in [2.45, 2.75) is 45.4 Å². The maximum atomic E-state index is 13.0. The van der Waals surface area contributed by atoms with Crippen molar-refractivity contribution in [1.29, 1.82) is 0 Å². The summed E-state index contributed by atoms with van der Waals surface area (Å²) in [6, 6.07) is 27.7. The molecule has 162 valence electrons. The summed E-state index contributed by atoms with van der Waals surface area (Å²) in [4.78, 5) is 19.0. The van der Waals surface area contributed by atoms with Crippen LogP contribution in [0.2, 0.25) is 0 Å². The Bertz CT molecular complexity index is 947. The van der Waals surface area contributed by atoms with Crippen LogP contribution in [0.25, 0.3) is 11.1 Å². The van der Waals surface area contributed by atoms with Gasteiger partial charge >= 0.3 is 5.97 Å². The van der Waals surface area contributed by atoms with Gasteiger partial charge in [-0.05, 0) is 43.0 Å². The standard InChI is InChI=1S/C27H31NO3/c1-27(2,3)31-28(4)25(26(29)30-20-22-11-7-5-8-12-22)19-21-15-17-24(18-16-21)23-13-9-6-10-14-23/h5-18,25H,19-20H2,1-4H3/t25-/m0/s1. The van der Waals surface area contributed by atoms with Gasteiger partial charge in [0.1, 0.15) is 12.6 Å². The van der Waals surface area contributed by atoms with Gasteiger partial charge in [0.15, 0.2) is 0 Å². The molecule has 0 N–H and O–H groups in total. The van der Waals surface area contributed by atoms with E-state index in [4.69, 9.17) is 9.57 Å². The third-order valence-corrected chi connectivity index (χ3v) is 4.84. The highest BCUT2D eigenvalue weighted by atomic mass is 16.7. The molecular weight excluding hydrogens is 386 g/mol. The molecule has 1 atom stereocenters. The van der Waals surface area contributed by atoms with E-state index in [1.165, 1.54) is 5.56 Å². The minimum Gasteiger partial charge on any atom is -0.460 e. The molecule has 4 nitrogen and oxygen atoms in total. The zero-order valence-corrected chi connectivity index (χ0v) is 18.7. The summed E-state index contributed by atoms with van der Waals surface area (Å²) in [6.07, 6.45) is 0.495. The number of benzene rings is 3. The SMILES string of the molecule is CN(OC(C)(C)C)[C@@H](Cc1ccc(-c2ccccc2)cc1)C(=O)OCc1ccccc1. The lowest BCUT2D eigenvalue weighted by Gasteiger charge is -2.32. The summed E-state index contributed by atoms with van der Waals surface area (Å²) in [5, 5.41) is 1.62. The molecule has 3 aromatic rings. The van der Waals surface area contributed by atoms with Crippen LogP contribution in [0.4, 0.5) is 0 Å². The van der Waals surface area contributed by atoms with Gasteiger partial charge in [0.05, 0.1) is 5.60 Å². The number of ether oxygens (including phenoxy) is 1. The molecule has 31 heavy (non-hydrogen) atoms. The third kappa shape index (κ3) is 7.06. The molecule has 0 saturated heterocycles. The van der Waals surface area contributed by atoms with E-state index in [1.54, 1.807) is 12.1 Å². The van der Waals surface area contributed by atoms with Crippen LogP contribution in [0.15, 0.2) is 84.9 Å². The molecule has 0 spiro atoms. The van der Waals surface area contributed by atoms with E-state index in [-0.39, 0.29) is 12.6 Å². The second-order valence-corrected chi connectivity index (χ2v) is 8.63. The molecule has 0 aliphatic carbocycles. The van der Waals surface area contributed by atoms with Gasteiger partial charge < -0.3 is 4.74 Å². The summed E-state index contributed by atoms with van der Waals surface area (Å²) < 4.78 is 5.63. The number of carbonyl (C=O) groups is 1. The Morgan fingerprint density at radius 3 is 1.94 bits per heavy atom. The Labute approximate surface area is 185 Å². The van der Waals surface area contributed by atoms with Gasteiger partial charge in [-0.25, -0.2) is 0 Å². The molecule has 0 saturated carbocycles. The van der Waals surface area contributed by atoms with Crippen molar-refractivity contribution in [2.24, 2.45) is 0 Å². The van der Waals surface area contributed by atoms with Gasteiger partial charge in [-0.15, -0.1) is 0 Å². The summed E-state index contributed by atoms with van der Waals surface area (Å²) in [7, 11) is 1.79. The first kappa shape index (κ1) is 22.7. The lowest BCUT2D eigenvalue weighted by Crippen LogP contribution is -2.45. The Morgan fingerprint density at radius 2 is 1.35 bits per heavy atom. The fourth-order valence-corrected chi connectivity index (χ4v) is 3.37. The highest BCUT2D eigenvalue weighted by Gasteiger charge is 2.29. The van der Waals surface area contributed by atoms with E-state index in [0.717, 1.165) is 16.7 Å². The molecule has 3 rings (SSSR count). The van der Waals surface area contributed by atoms with Crippen molar-refractivity contribution in [3.8, 4) is 11.1 Å². The van der Waals surface area contributed by atoms with E-state index in [1.807, 2.05) is 69.3 Å². The highest BCUT2D eigenvalue weighted by molar-refractivity contribution is 5.76. The second-order valence-electron chi connectivity index (χ2n) is 8.63. The Morgan fingerprint density at radius 1 is 0.806 bits per heavy atom. The van der Waals surface area contributed by atoms with E-state index in [2.05, 4.69) is 36.4 Å². The van der Waals surface area contributed by atoms with Gasteiger partial charge in [-0.2, -0.15) is 5.06 Å². The van der Waals surface area contributed by atoms with Crippen LogP contribution in [0.3, 0.4) is 0 Å². The van der Waals surface area contributed by atoms with Crippen LogP contribution in [-0.4, -0.2) is 29.7 Å². The summed E-state index contributed by atoms with van der Waals surface area (Å²) in [6.45, 7) is 6.13. The zero-order chi connectivity index (χ0) is 22.3. The van der Waals surface area contributed by atoms with E-state index >= 15 is 0 Å². The largest absolute Gasteiger partial charge is 0.460 e. The number of likely N-dealkylation sites (N-methyl/N-ethyl adjacent to an activating group) is 1. The van der Waals surface area contributed by atoms with Gasteiger partial charge in [-0.1, -0.05) is 84.9 Å². The lowest BCUT2D eigenvalue weighted by molar-refractivity contribution is -0.238. The number of rotatable bonds is 8. The molecule has 0 heterocycles. The Hall–Kier alpha value is -2.95. The molecule has 0 fully saturated rings. The smallest absolute Gasteiger partial charge is 0.326 e. The number of hydroxylamine groups is 2. The average Bonchev–Trinajstić information content (AvgIpc) is 2.76. The summed E-state index contributed by atoms with van der Waals surface area (Å²) in [5.74, 6) is -0.303. The van der Waals surface area contributed by atoms with Crippen LogP contribution in [0.1, 0.15) is 31.9 Å². The van der Waals surface area contributed by atoms with Crippen LogP contribution in [-0.2, 0) is 27.4 Å². The molecule has 0 aliphatic heterocycles. The number of hydrogen-bond acceptors (Lipinski definition) is 4. The molecule has 0 radical (unpaired) electrons. The van der Waals surface area contributed by atoms with Crippen LogP contribution < -0.4 is 0 Å². The number of carbonyl (C=O) groups excluding carboxylic acids is 1. The zero-order valence-electron chi connectivity index (χ0n) is 18.7. The van der Waals surface area contributed by atoms with E-state index in [9.17, 15) is 4.79 Å². The van der Waals surface area contributed by atoms with Gasteiger partial charge in [0, 0.05) is 13.5 Å². The molecular formula is C27H31NO3. The predicted octanol–water partition coefficient (Wildman–Crippen LogP) is 5.67. The minimum atomic E-state index is -0.550. The number of esters is 1. The fourth-order valence-electron chi connectivity index (χ4n) is 3.37. The Balaban J connectivity index is 1.73. The normalized spacial score (nSPS) is 12.5. The van der Waals surface area contributed by atoms with Crippen molar-refractivity contribution in [3.05, 3.63) is 96.1 Å². The molecule has 3 aromatic carbocycles. The Kier molecular flexibility index (Phi) is 7.61. The van der Waals surface area contributed by atoms with Crippen molar-refractivity contribution in [1.82, 2.24) is 5.06 Å². The minimum absolute atomic E-state index is 0.243. The molecule has 0 bridgehead atoms. The van der Waals surface area contributed by atoms with Gasteiger partial charge in [-0.3, -0.25) is 9.63 Å². The second kappa shape index (κ2) is 10.4. The first-order valence-electron chi connectivity index (χ1n) is 10.6. The van der Waals surface area contributed by atoms with E-state index < -0.39 is 11.6 Å². The van der Waals surface area contributed by atoms with Gasteiger partial charge in [0.2, 0.25) is 0 Å². The quantitative estimate of drug-likeness (QED) is 0.350. The first-order valence-corrected chi connectivity index (χ1v) is 10.6. The molecule has 0 aliphatic rings. The van der Waals surface area contributed by atoms with Crippen molar-refractivity contribution in [3.63, 3.8) is 0 Å². The van der Waals surface area contributed by atoms with Crippen LogP contribution in [0, 0.1) is 0 Å². The molecule has 0 unspecified atom stereocenters. The molecule has 4 heteroatoms. The first-order chi connectivity index (χ1) is 14.8. The van der Waals surface area contributed by atoms with Crippen molar-refractivity contribution >= 4 is 5.97 Å². The number of nitrogens with zero attached hydrogens (tertiary/aromatic N) is 1. The van der Waals surface area contributed by atoms with Crippen molar-refractivity contribution in [2.75, 3.05) is 7.05 Å². The maximum Gasteiger partial charge on any atom is 0.326 e. The third-order valence-electron chi connectivity index (χ3n) is 4.84. The predicted molar refractivity (Wildman–Crippen MR) is 124 cm³/mol. The van der Waals surface area contributed by atoms with Crippen LogP contribution in [0.5, 0.6) is 0 Å². The van der Waals surface area contributed by atoms with Gasteiger partial charge in [0.25, 0.3) is 0 Å². The molecule has 0 aromatic heterocycles. The average molecular weight is 418 g/mol. The lowest BCUT2D eigenvalue weighted by atomic mass is 10.0. The van der Waals surface area contributed by atoms with E-state index in [0.29, 0.717) is 6.42 Å². The fraction of sp³-hybridized carbons (Fsp3) is 0.296. The summed E-state index contributed by atoms with van der Waals surface area (Å²) in [5.41, 5.74) is 3.91.